The topological polar surface area (TPSA) is 49.4 Å². The molecule has 1 aromatic heterocycles. The van der Waals surface area contributed by atoms with Crippen molar-refractivity contribution in [3.8, 4) is 0 Å². The van der Waals surface area contributed by atoms with E-state index in [1.807, 2.05) is 34.5 Å². The Morgan fingerprint density at radius 2 is 1.88 bits per heavy atom. The van der Waals surface area contributed by atoms with Gasteiger partial charge < -0.3 is 27.1 Å². The molecule has 0 radical (unpaired) electrons. The number of anilines is 1. The second-order valence-corrected chi connectivity index (χ2v) is 7.88. The maximum atomic E-state index is 12.4. The Morgan fingerprint density at radius 3 is 2.50 bits per heavy atom. The van der Waals surface area contributed by atoms with Crippen LogP contribution in [0.15, 0.2) is 41.8 Å². The van der Waals surface area contributed by atoms with Crippen LogP contribution in [0.2, 0.25) is 5.02 Å². The first-order valence-electron chi connectivity index (χ1n) is 8.18. The van der Waals surface area contributed by atoms with Crippen LogP contribution in [0.1, 0.15) is 9.67 Å². The molecule has 1 N–H and O–H groups in total. The van der Waals surface area contributed by atoms with Gasteiger partial charge >= 0.3 is 0 Å². The molecular formula is C18H21Cl2N3O2S. The molecule has 5 nitrogen and oxygen atoms in total. The Bertz CT molecular complexity index is 760. The van der Waals surface area contributed by atoms with Gasteiger partial charge in [-0.1, -0.05) is 29.8 Å². The van der Waals surface area contributed by atoms with Crippen molar-refractivity contribution >= 4 is 40.4 Å². The van der Waals surface area contributed by atoms with E-state index in [4.69, 9.17) is 11.6 Å². The van der Waals surface area contributed by atoms with Crippen LogP contribution in [-0.4, -0.2) is 61.0 Å². The summed E-state index contributed by atoms with van der Waals surface area (Å²) in [5, 5.41) is 5.32. The summed E-state index contributed by atoms with van der Waals surface area (Å²) >= 11 is 7.55. The van der Waals surface area contributed by atoms with Crippen molar-refractivity contribution in [2.45, 2.75) is 0 Å². The number of amides is 2. The third-order valence-electron chi connectivity index (χ3n) is 4.51. The minimum atomic E-state index is -0.0615. The Kier molecular flexibility index (Phi) is 7.06. The van der Waals surface area contributed by atoms with Crippen LogP contribution in [0, 0.1) is 0 Å². The van der Waals surface area contributed by atoms with Crippen molar-refractivity contribution in [2.24, 2.45) is 0 Å². The first kappa shape index (κ1) is 20.7. The molecule has 0 atom stereocenters. The van der Waals surface area contributed by atoms with Gasteiger partial charge in [0.1, 0.15) is 0 Å². The number of hydrogen-bond acceptors (Lipinski definition) is 3. The van der Waals surface area contributed by atoms with Gasteiger partial charge in [-0.05, 0) is 23.6 Å². The van der Waals surface area contributed by atoms with Crippen LogP contribution in [0.3, 0.4) is 0 Å². The zero-order valence-electron chi connectivity index (χ0n) is 14.5. The fourth-order valence-electron chi connectivity index (χ4n) is 2.96. The van der Waals surface area contributed by atoms with Gasteiger partial charge in [-0.15, -0.1) is 11.3 Å². The average Bonchev–Trinajstić information content (AvgIpc) is 3.11. The molecule has 2 amide bonds. The molecule has 2 heterocycles. The number of likely N-dealkylation sites (N-methyl/N-ethyl adjacent to an activating group) is 1. The van der Waals surface area contributed by atoms with Crippen LogP contribution in [0.25, 0.3) is 0 Å². The van der Waals surface area contributed by atoms with Crippen molar-refractivity contribution in [3.63, 3.8) is 0 Å². The zero-order valence-corrected chi connectivity index (χ0v) is 16.8. The number of thiophene rings is 1. The minimum Gasteiger partial charge on any atom is -1.00 e. The second kappa shape index (κ2) is 8.86. The van der Waals surface area contributed by atoms with E-state index in [2.05, 4.69) is 12.4 Å². The van der Waals surface area contributed by atoms with E-state index in [1.54, 1.807) is 12.1 Å². The number of nitrogens with one attached hydrogen (secondary N) is 1. The molecule has 0 aliphatic carbocycles. The van der Waals surface area contributed by atoms with Crippen molar-refractivity contribution < 1.29 is 26.5 Å². The molecular weight excluding hydrogens is 393 g/mol. The second-order valence-electron chi connectivity index (χ2n) is 6.52. The summed E-state index contributed by atoms with van der Waals surface area (Å²) in [6.45, 7) is 3.20. The Morgan fingerprint density at radius 1 is 1.19 bits per heavy atom. The van der Waals surface area contributed by atoms with E-state index in [0.29, 0.717) is 34.8 Å². The van der Waals surface area contributed by atoms with Crippen molar-refractivity contribution in [2.75, 3.05) is 45.1 Å². The lowest BCUT2D eigenvalue weighted by Gasteiger charge is -2.41. The van der Waals surface area contributed by atoms with Crippen LogP contribution in [0.5, 0.6) is 0 Å². The minimum absolute atomic E-state index is 0. The van der Waals surface area contributed by atoms with Crippen molar-refractivity contribution in [3.05, 3.63) is 51.7 Å². The highest BCUT2D eigenvalue weighted by Gasteiger charge is 2.33. The van der Waals surface area contributed by atoms with Gasteiger partial charge in [0.05, 0.1) is 48.8 Å². The summed E-state index contributed by atoms with van der Waals surface area (Å²) in [4.78, 5) is 27.4. The van der Waals surface area contributed by atoms with Crippen LogP contribution in [0.4, 0.5) is 5.69 Å². The molecule has 140 valence electrons. The normalized spacial score (nSPS) is 15.8. The molecule has 8 heteroatoms. The summed E-state index contributed by atoms with van der Waals surface area (Å²) in [5.41, 5.74) is 0.632. The lowest BCUT2D eigenvalue weighted by Crippen LogP contribution is -3.00. The van der Waals surface area contributed by atoms with Crippen molar-refractivity contribution in [1.29, 1.82) is 0 Å². The molecule has 2 aromatic rings. The zero-order chi connectivity index (χ0) is 17.9. The summed E-state index contributed by atoms with van der Waals surface area (Å²) in [5.74, 6) is 0.0235. The molecule has 0 unspecified atom stereocenters. The highest BCUT2D eigenvalue weighted by atomic mass is 35.5. The van der Waals surface area contributed by atoms with Gasteiger partial charge in [0.2, 0.25) is 0 Å². The molecule has 0 saturated carbocycles. The van der Waals surface area contributed by atoms with Crippen LogP contribution in [-0.2, 0) is 4.79 Å². The third kappa shape index (κ3) is 4.98. The number of quaternary nitrogens is 1. The first-order valence-corrected chi connectivity index (χ1v) is 9.43. The first-order chi connectivity index (χ1) is 12.0. The van der Waals surface area contributed by atoms with E-state index in [0.717, 1.165) is 18.0 Å². The number of hydrogen-bond donors (Lipinski definition) is 1. The Labute approximate surface area is 168 Å². The molecule has 1 saturated heterocycles. The highest BCUT2D eigenvalue weighted by molar-refractivity contribution is 7.12. The van der Waals surface area contributed by atoms with Crippen molar-refractivity contribution in [1.82, 2.24) is 4.90 Å². The van der Waals surface area contributed by atoms with Gasteiger partial charge in [-0.25, -0.2) is 0 Å². The fourth-order valence-corrected chi connectivity index (χ4v) is 3.84. The van der Waals surface area contributed by atoms with Crippen LogP contribution < -0.4 is 17.7 Å². The summed E-state index contributed by atoms with van der Waals surface area (Å²) in [7, 11) is 2.05. The van der Waals surface area contributed by atoms with E-state index >= 15 is 0 Å². The summed E-state index contributed by atoms with van der Waals surface area (Å²) in [6, 6.07) is 11.0. The Hall–Kier alpha value is -1.60. The third-order valence-corrected chi connectivity index (χ3v) is 5.70. The molecule has 26 heavy (non-hydrogen) atoms. The largest absolute Gasteiger partial charge is 1.00 e. The predicted octanol–water partition coefficient (Wildman–Crippen LogP) is -0.0534. The highest BCUT2D eigenvalue weighted by Crippen LogP contribution is 2.21. The quantitative estimate of drug-likeness (QED) is 0.714. The number of nitrogens with zero attached hydrogens (tertiary/aromatic N) is 2. The SMILES string of the molecule is C[N+]1(CC(=O)Nc2ccccc2Cl)CCN(C(=O)c2cccs2)CC1.[Cl-]. The Balaban J connectivity index is 0.00000243. The molecule has 1 fully saturated rings. The number of rotatable bonds is 4. The summed E-state index contributed by atoms with van der Waals surface area (Å²) < 4.78 is 0.616. The number of para-hydroxylation sites is 1. The standard InChI is InChI=1S/C18H20ClN3O2S.ClH/c1-22(13-17(23)20-15-6-3-2-5-14(15)19)10-8-21(9-11-22)18(24)16-7-4-12-25-16;/h2-7,12H,8-11,13H2,1H3;1H. The van der Waals surface area contributed by atoms with E-state index in [9.17, 15) is 9.59 Å². The molecule has 3 rings (SSSR count). The number of piperazine rings is 1. The van der Waals surface area contributed by atoms with E-state index in [1.165, 1.54) is 11.3 Å². The van der Waals surface area contributed by atoms with E-state index in [-0.39, 0.29) is 24.2 Å². The number of halogens is 2. The number of carbonyl (C=O) groups is 2. The number of carbonyl (C=O) groups excluding carboxylic acids is 2. The van der Waals surface area contributed by atoms with Gasteiger partial charge in [-0.3, -0.25) is 9.59 Å². The van der Waals surface area contributed by atoms with Gasteiger partial charge in [0.15, 0.2) is 6.54 Å². The van der Waals surface area contributed by atoms with Crippen LogP contribution >= 0.6 is 22.9 Å². The lowest BCUT2D eigenvalue weighted by molar-refractivity contribution is -0.905. The smallest absolute Gasteiger partial charge is 0.279 e. The lowest BCUT2D eigenvalue weighted by atomic mass is 10.2. The van der Waals surface area contributed by atoms with E-state index < -0.39 is 0 Å². The maximum absolute atomic E-state index is 12.4. The monoisotopic (exact) mass is 413 g/mol. The predicted molar refractivity (Wildman–Crippen MR) is 101 cm³/mol. The van der Waals surface area contributed by atoms with Gasteiger partial charge in [0.25, 0.3) is 11.8 Å². The molecule has 1 aliphatic rings. The average molecular weight is 414 g/mol. The maximum Gasteiger partial charge on any atom is 0.279 e. The fraction of sp³-hybridized carbons (Fsp3) is 0.333. The van der Waals surface area contributed by atoms with Gasteiger partial charge in [0, 0.05) is 0 Å². The molecule has 0 bridgehead atoms. The summed E-state index contributed by atoms with van der Waals surface area (Å²) in [6.07, 6.45) is 0. The van der Waals surface area contributed by atoms with Gasteiger partial charge in [-0.2, -0.15) is 0 Å². The molecule has 0 spiro atoms. The molecule has 1 aromatic carbocycles. The molecule has 1 aliphatic heterocycles. The number of benzene rings is 1.